The number of fused-ring (bicyclic) bond motifs is 3. The molecule has 0 aromatic heterocycles. The van der Waals surface area contributed by atoms with Gasteiger partial charge in [-0.2, -0.15) is 13.2 Å². The molecule has 3 rings (SSSR count). The van der Waals surface area contributed by atoms with Gasteiger partial charge in [0.15, 0.2) is 11.5 Å². The Hall–Kier alpha value is -1.03. The van der Waals surface area contributed by atoms with Crippen molar-refractivity contribution in [1.29, 1.82) is 0 Å². The average Bonchev–Trinajstić information content (AvgIpc) is 2.65. The van der Waals surface area contributed by atoms with Crippen LogP contribution < -0.4 is 9.47 Å². The fourth-order valence-electron chi connectivity index (χ4n) is 4.36. The summed E-state index contributed by atoms with van der Waals surface area (Å²) in [4.78, 5) is 2.32. The molecule has 5 nitrogen and oxygen atoms in total. The van der Waals surface area contributed by atoms with Crippen molar-refractivity contribution in [2.45, 2.75) is 76.5 Å². The minimum absolute atomic E-state index is 0.0167. The predicted molar refractivity (Wildman–Crippen MR) is 115 cm³/mol. The molecule has 0 unspecified atom stereocenters. The maximum Gasteiger partial charge on any atom is 0.389 e. The minimum Gasteiger partial charge on any atom is -0.493 e. The van der Waals surface area contributed by atoms with Crippen molar-refractivity contribution in [3.63, 3.8) is 0 Å². The number of halogens is 4. The first-order valence-electron chi connectivity index (χ1n) is 10.6. The number of piperidine rings is 1. The van der Waals surface area contributed by atoms with Crippen LogP contribution in [0.2, 0.25) is 0 Å². The third-order valence-corrected chi connectivity index (χ3v) is 6.49. The van der Waals surface area contributed by atoms with E-state index in [4.69, 9.17) is 14.2 Å². The molecule has 0 saturated carbocycles. The van der Waals surface area contributed by atoms with Gasteiger partial charge in [0.1, 0.15) is 0 Å². The van der Waals surface area contributed by atoms with Crippen LogP contribution in [0.5, 0.6) is 11.5 Å². The number of hydrogen-bond acceptors (Lipinski definition) is 5. The van der Waals surface area contributed by atoms with Gasteiger partial charge in [-0.3, -0.25) is 4.90 Å². The van der Waals surface area contributed by atoms with E-state index in [-0.39, 0.29) is 30.8 Å². The zero-order valence-electron chi connectivity index (χ0n) is 18.4. The lowest BCUT2D eigenvalue weighted by Crippen LogP contribution is -2.53. The van der Waals surface area contributed by atoms with E-state index in [1.807, 2.05) is 26.8 Å². The molecule has 176 valence electrons. The predicted octanol–water partition coefficient (Wildman–Crippen LogP) is 5.03. The van der Waals surface area contributed by atoms with Gasteiger partial charge in [0.05, 0.1) is 36.0 Å². The lowest BCUT2D eigenvalue weighted by Gasteiger charge is -2.47. The SMILES string of the molecule is COc1cc2c(c(Br)c1OCCCC(F)(F)F)CCN1C[C@@H](OC(C)(C)C)[C@H](O)C[C@H]21. The van der Waals surface area contributed by atoms with Crippen molar-refractivity contribution in [3.8, 4) is 11.5 Å². The average molecular weight is 510 g/mol. The van der Waals surface area contributed by atoms with Crippen LogP contribution in [0.25, 0.3) is 0 Å². The van der Waals surface area contributed by atoms with Crippen molar-refractivity contribution in [2.75, 3.05) is 26.8 Å². The van der Waals surface area contributed by atoms with Crippen LogP contribution >= 0.6 is 15.9 Å². The molecule has 0 spiro atoms. The van der Waals surface area contributed by atoms with Gasteiger partial charge in [-0.1, -0.05) is 0 Å². The molecule has 2 aliphatic rings. The second-order valence-corrected chi connectivity index (χ2v) is 9.98. The van der Waals surface area contributed by atoms with Gasteiger partial charge >= 0.3 is 6.18 Å². The minimum atomic E-state index is -4.19. The van der Waals surface area contributed by atoms with E-state index in [1.54, 1.807) is 0 Å². The summed E-state index contributed by atoms with van der Waals surface area (Å²) in [5.74, 6) is 0.907. The largest absolute Gasteiger partial charge is 0.493 e. The lowest BCUT2D eigenvalue weighted by molar-refractivity contribution is -0.149. The number of hydrogen-bond donors (Lipinski definition) is 1. The Balaban J connectivity index is 1.79. The molecule has 3 atom stereocenters. The van der Waals surface area contributed by atoms with Gasteiger partial charge in [0.2, 0.25) is 0 Å². The molecule has 1 fully saturated rings. The molecule has 2 aliphatic heterocycles. The van der Waals surface area contributed by atoms with Crippen molar-refractivity contribution >= 4 is 15.9 Å². The number of aliphatic hydroxyl groups is 1. The molecule has 0 aliphatic carbocycles. The quantitative estimate of drug-likeness (QED) is 0.545. The first-order valence-corrected chi connectivity index (χ1v) is 11.4. The van der Waals surface area contributed by atoms with E-state index in [0.717, 1.165) is 28.6 Å². The maximum atomic E-state index is 12.4. The first-order chi connectivity index (χ1) is 14.4. The highest BCUT2D eigenvalue weighted by Crippen LogP contribution is 2.47. The molecule has 0 bridgehead atoms. The highest BCUT2D eigenvalue weighted by atomic mass is 79.9. The summed E-state index contributed by atoms with van der Waals surface area (Å²) in [6.07, 6.45) is -4.74. The summed E-state index contributed by atoms with van der Waals surface area (Å²) in [7, 11) is 1.51. The Morgan fingerprint density at radius 2 is 1.97 bits per heavy atom. The number of methoxy groups -OCH3 is 1. The third kappa shape index (κ3) is 6.06. The second kappa shape index (κ2) is 9.45. The molecule has 0 radical (unpaired) electrons. The van der Waals surface area contributed by atoms with Gasteiger partial charge in [-0.05, 0) is 73.2 Å². The number of ether oxygens (including phenoxy) is 3. The molecular formula is C22H31BrF3NO4. The lowest BCUT2D eigenvalue weighted by atomic mass is 9.84. The first kappa shape index (κ1) is 24.6. The van der Waals surface area contributed by atoms with Crippen LogP contribution in [0.4, 0.5) is 13.2 Å². The van der Waals surface area contributed by atoms with Crippen LogP contribution in [0.1, 0.15) is 57.2 Å². The van der Waals surface area contributed by atoms with E-state index in [9.17, 15) is 18.3 Å². The smallest absolute Gasteiger partial charge is 0.389 e. The Labute approximate surface area is 190 Å². The fourth-order valence-corrected chi connectivity index (χ4v) is 5.09. The molecule has 1 N–H and O–H groups in total. The van der Waals surface area contributed by atoms with Gasteiger partial charge < -0.3 is 19.3 Å². The monoisotopic (exact) mass is 509 g/mol. The number of rotatable bonds is 6. The Morgan fingerprint density at radius 3 is 2.58 bits per heavy atom. The van der Waals surface area contributed by atoms with Gasteiger partial charge in [-0.15, -0.1) is 0 Å². The summed E-state index contributed by atoms with van der Waals surface area (Å²) < 4.78 is 55.2. The van der Waals surface area contributed by atoms with Crippen LogP contribution in [0, 0.1) is 0 Å². The number of alkyl halides is 3. The maximum absolute atomic E-state index is 12.4. The summed E-state index contributed by atoms with van der Waals surface area (Å²) in [5, 5.41) is 10.7. The van der Waals surface area contributed by atoms with E-state index in [0.29, 0.717) is 24.5 Å². The number of benzene rings is 1. The topological polar surface area (TPSA) is 51.2 Å². The number of nitrogens with zero attached hydrogens (tertiary/aromatic N) is 1. The van der Waals surface area contributed by atoms with Crippen molar-refractivity contribution in [3.05, 3.63) is 21.7 Å². The molecule has 0 amide bonds. The zero-order valence-corrected chi connectivity index (χ0v) is 20.0. The van der Waals surface area contributed by atoms with E-state index in [2.05, 4.69) is 20.8 Å². The van der Waals surface area contributed by atoms with Gasteiger partial charge in [-0.25, -0.2) is 0 Å². The Bertz CT molecular complexity index is 781. The molecule has 2 heterocycles. The molecule has 1 saturated heterocycles. The van der Waals surface area contributed by atoms with Crippen LogP contribution in [-0.2, 0) is 11.2 Å². The highest BCUT2D eigenvalue weighted by Gasteiger charge is 2.41. The van der Waals surface area contributed by atoms with Crippen LogP contribution in [-0.4, -0.2) is 60.8 Å². The van der Waals surface area contributed by atoms with E-state index in [1.165, 1.54) is 7.11 Å². The summed E-state index contributed by atoms with van der Waals surface area (Å²) in [6.45, 7) is 7.33. The number of aliphatic hydroxyl groups excluding tert-OH is 1. The van der Waals surface area contributed by atoms with Crippen molar-refractivity contribution < 1.29 is 32.5 Å². The Morgan fingerprint density at radius 1 is 1.26 bits per heavy atom. The van der Waals surface area contributed by atoms with Gasteiger partial charge in [0, 0.05) is 25.6 Å². The van der Waals surface area contributed by atoms with Crippen molar-refractivity contribution in [2.24, 2.45) is 0 Å². The summed E-state index contributed by atoms with van der Waals surface area (Å²) >= 11 is 3.60. The zero-order chi connectivity index (χ0) is 23.0. The normalized spacial score (nSPS) is 24.5. The highest BCUT2D eigenvalue weighted by molar-refractivity contribution is 9.10. The Kier molecular flexibility index (Phi) is 7.50. The molecule has 1 aromatic rings. The van der Waals surface area contributed by atoms with E-state index < -0.39 is 18.7 Å². The van der Waals surface area contributed by atoms with Crippen molar-refractivity contribution in [1.82, 2.24) is 4.90 Å². The molecule has 31 heavy (non-hydrogen) atoms. The van der Waals surface area contributed by atoms with Gasteiger partial charge in [0.25, 0.3) is 0 Å². The summed E-state index contributed by atoms with van der Waals surface area (Å²) in [5.41, 5.74) is 1.76. The molecular weight excluding hydrogens is 479 g/mol. The van der Waals surface area contributed by atoms with E-state index >= 15 is 0 Å². The fraction of sp³-hybridized carbons (Fsp3) is 0.727. The molecule has 9 heteroatoms. The standard InChI is InChI=1S/C22H31BrF3NO4/c1-21(2,3)31-18-12-27-8-6-13-14(15(27)11-16(18)28)10-17(29-4)20(19(13)23)30-9-5-7-22(24,25)26/h10,15-16,18,28H,5-9,11-12H2,1-4H3/t15-,16-,18-/m1/s1. The summed E-state index contributed by atoms with van der Waals surface area (Å²) in [6, 6.07) is 1.91. The van der Waals surface area contributed by atoms with Crippen LogP contribution in [0.15, 0.2) is 10.5 Å². The van der Waals surface area contributed by atoms with Crippen LogP contribution in [0.3, 0.4) is 0 Å². The third-order valence-electron chi connectivity index (χ3n) is 5.66. The second-order valence-electron chi connectivity index (χ2n) is 9.19. The molecule has 1 aromatic carbocycles.